The molecule has 0 saturated carbocycles. The van der Waals surface area contributed by atoms with Gasteiger partial charge >= 0.3 is 0 Å². The van der Waals surface area contributed by atoms with Crippen LogP contribution in [0.3, 0.4) is 0 Å². The Hall–Kier alpha value is -2.56. The van der Waals surface area contributed by atoms with E-state index in [-0.39, 0.29) is 5.91 Å². The van der Waals surface area contributed by atoms with Crippen LogP contribution in [0.25, 0.3) is 0 Å². The normalized spacial score (nSPS) is 11.5. The van der Waals surface area contributed by atoms with E-state index in [1.807, 2.05) is 18.2 Å². The molecule has 1 aromatic heterocycles. The van der Waals surface area contributed by atoms with Crippen LogP contribution in [-0.4, -0.2) is 24.1 Å². The molecule has 0 bridgehead atoms. The molecule has 1 atom stereocenters. The highest BCUT2D eigenvalue weighted by molar-refractivity contribution is 5.80. The summed E-state index contributed by atoms with van der Waals surface area (Å²) in [5, 5.41) is 2.79. The number of nitrogens with zero attached hydrogens (tertiary/aromatic N) is 1. The van der Waals surface area contributed by atoms with Gasteiger partial charge in [0.25, 0.3) is 5.91 Å². The van der Waals surface area contributed by atoms with Gasteiger partial charge in [-0.1, -0.05) is 6.07 Å². The lowest BCUT2D eigenvalue weighted by Crippen LogP contribution is -2.36. The zero-order valence-corrected chi connectivity index (χ0v) is 12.1. The lowest BCUT2D eigenvalue weighted by molar-refractivity contribution is -0.127. The zero-order chi connectivity index (χ0) is 15.1. The van der Waals surface area contributed by atoms with E-state index < -0.39 is 6.10 Å². The number of hydrogen-bond donors (Lipinski definition) is 1. The highest BCUT2D eigenvalue weighted by atomic mass is 16.5. The van der Waals surface area contributed by atoms with Gasteiger partial charge in [-0.05, 0) is 43.3 Å². The van der Waals surface area contributed by atoms with Crippen molar-refractivity contribution in [1.29, 1.82) is 0 Å². The second kappa shape index (κ2) is 7.28. The smallest absolute Gasteiger partial charge is 0.261 e. The number of amides is 1. The molecule has 2 rings (SSSR count). The first-order chi connectivity index (χ1) is 10.2. The summed E-state index contributed by atoms with van der Waals surface area (Å²) in [6, 6.07) is 12.7. The molecule has 0 aliphatic heterocycles. The molecule has 0 aliphatic rings. The third kappa shape index (κ3) is 4.49. The van der Waals surface area contributed by atoms with Crippen molar-refractivity contribution in [3.63, 3.8) is 0 Å². The average Bonchev–Trinajstić information content (AvgIpc) is 2.54. The third-order valence-corrected chi connectivity index (χ3v) is 2.91. The minimum atomic E-state index is -0.581. The number of methoxy groups -OCH3 is 1. The Bertz CT molecular complexity index is 570. The second-order valence-electron chi connectivity index (χ2n) is 4.47. The van der Waals surface area contributed by atoms with Crippen molar-refractivity contribution >= 4 is 5.91 Å². The summed E-state index contributed by atoms with van der Waals surface area (Å²) in [6.45, 7) is 2.09. The lowest BCUT2D eigenvalue weighted by atomic mass is 10.3. The average molecular weight is 286 g/mol. The van der Waals surface area contributed by atoms with Gasteiger partial charge in [0.05, 0.1) is 19.3 Å². The van der Waals surface area contributed by atoms with Gasteiger partial charge in [-0.25, -0.2) is 0 Å². The Morgan fingerprint density at radius 3 is 2.52 bits per heavy atom. The van der Waals surface area contributed by atoms with Crippen LogP contribution in [0.15, 0.2) is 48.7 Å². The molecule has 0 aliphatic carbocycles. The number of ether oxygens (including phenoxy) is 2. The Labute approximate surface area is 123 Å². The quantitative estimate of drug-likeness (QED) is 0.884. The van der Waals surface area contributed by atoms with Gasteiger partial charge in [-0.2, -0.15) is 0 Å². The molecule has 5 nitrogen and oxygen atoms in total. The largest absolute Gasteiger partial charge is 0.497 e. The molecule has 1 heterocycles. The van der Waals surface area contributed by atoms with Crippen LogP contribution in [0.5, 0.6) is 11.5 Å². The molecule has 110 valence electrons. The fourth-order valence-corrected chi connectivity index (χ4v) is 1.74. The number of pyridine rings is 1. The Morgan fingerprint density at radius 2 is 1.90 bits per heavy atom. The number of nitrogens with one attached hydrogen (secondary N) is 1. The fourth-order valence-electron chi connectivity index (χ4n) is 1.74. The molecule has 0 spiro atoms. The third-order valence-electron chi connectivity index (χ3n) is 2.91. The molecular formula is C16H18N2O3. The van der Waals surface area contributed by atoms with E-state index >= 15 is 0 Å². The minimum Gasteiger partial charge on any atom is -0.497 e. The van der Waals surface area contributed by atoms with Crippen molar-refractivity contribution in [3.05, 3.63) is 54.4 Å². The standard InChI is InChI=1S/C16H18N2O3/c1-12(21-15-8-6-14(20-2)7-9-15)16(19)18-11-13-5-3-4-10-17-13/h3-10,12H,11H2,1-2H3,(H,18,19). The molecule has 1 aromatic carbocycles. The van der Waals surface area contributed by atoms with Crippen molar-refractivity contribution in [1.82, 2.24) is 10.3 Å². The van der Waals surface area contributed by atoms with Gasteiger partial charge in [-0.15, -0.1) is 0 Å². The van der Waals surface area contributed by atoms with Crippen LogP contribution in [0, 0.1) is 0 Å². The van der Waals surface area contributed by atoms with Crippen molar-refractivity contribution < 1.29 is 14.3 Å². The molecule has 0 radical (unpaired) electrons. The first kappa shape index (κ1) is 14.8. The van der Waals surface area contributed by atoms with Crippen molar-refractivity contribution in [2.45, 2.75) is 19.6 Å². The number of hydrogen-bond acceptors (Lipinski definition) is 4. The summed E-state index contributed by atoms with van der Waals surface area (Å²) >= 11 is 0. The van der Waals surface area contributed by atoms with Gasteiger partial charge in [0.1, 0.15) is 11.5 Å². The molecule has 1 amide bonds. The fraction of sp³-hybridized carbons (Fsp3) is 0.250. The van der Waals surface area contributed by atoms with Gasteiger partial charge in [0, 0.05) is 6.20 Å². The van der Waals surface area contributed by atoms with E-state index in [1.54, 1.807) is 44.5 Å². The summed E-state index contributed by atoms with van der Waals surface area (Å²) in [7, 11) is 1.60. The van der Waals surface area contributed by atoms with Crippen molar-refractivity contribution in [3.8, 4) is 11.5 Å². The number of carbonyl (C=O) groups is 1. The number of benzene rings is 1. The molecule has 2 aromatic rings. The first-order valence-electron chi connectivity index (χ1n) is 6.67. The van der Waals surface area contributed by atoms with Gasteiger partial charge in [-0.3, -0.25) is 9.78 Å². The molecule has 0 saturated heterocycles. The molecule has 0 fully saturated rings. The Kier molecular flexibility index (Phi) is 5.15. The monoisotopic (exact) mass is 286 g/mol. The molecule has 21 heavy (non-hydrogen) atoms. The summed E-state index contributed by atoms with van der Waals surface area (Å²) in [4.78, 5) is 16.1. The van der Waals surface area contributed by atoms with Crippen LogP contribution in [0.4, 0.5) is 0 Å². The predicted molar refractivity (Wildman–Crippen MR) is 79.2 cm³/mol. The maximum Gasteiger partial charge on any atom is 0.261 e. The van der Waals surface area contributed by atoms with E-state index in [4.69, 9.17) is 9.47 Å². The molecule has 1 unspecified atom stereocenters. The lowest BCUT2D eigenvalue weighted by Gasteiger charge is -2.14. The van der Waals surface area contributed by atoms with Crippen molar-refractivity contribution in [2.24, 2.45) is 0 Å². The van der Waals surface area contributed by atoms with Crippen LogP contribution >= 0.6 is 0 Å². The number of rotatable bonds is 6. The Morgan fingerprint density at radius 1 is 1.19 bits per heavy atom. The summed E-state index contributed by atoms with van der Waals surface area (Å²) in [5.74, 6) is 1.18. The molecule has 1 N–H and O–H groups in total. The van der Waals surface area contributed by atoms with E-state index in [9.17, 15) is 4.79 Å². The van der Waals surface area contributed by atoms with Crippen LogP contribution < -0.4 is 14.8 Å². The van der Waals surface area contributed by atoms with Crippen LogP contribution in [0.1, 0.15) is 12.6 Å². The highest BCUT2D eigenvalue weighted by Gasteiger charge is 2.14. The number of carbonyl (C=O) groups excluding carboxylic acids is 1. The van der Waals surface area contributed by atoms with Crippen LogP contribution in [0.2, 0.25) is 0 Å². The maximum absolute atomic E-state index is 12.0. The highest BCUT2D eigenvalue weighted by Crippen LogP contribution is 2.18. The van der Waals surface area contributed by atoms with Crippen LogP contribution in [-0.2, 0) is 11.3 Å². The molecular weight excluding hydrogens is 268 g/mol. The minimum absolute atomic E-state index is 0.184. The van der Waals surface area contributed by atoms with E-state index in [0.29, 0.717) is 12.3 Å². The SMILES string of the molecule is COc1ccc(OC(C)C(=O)NCc2ccccn2)cc1. The summed E-state index contributed by atoms with van der Waals surface area (Å²) < 4.78 is 10.6. The van der Waals surface area contributed by atoms with E-state index in [1.165, 1.54) is 0 Å². The Balaban J connectivity index is 1.84. The topological polar surface area (TPSA) is 60.5 Å². The predicted octanol–water partition coefficient (Wildman–Crippen LogP) is 2.17. The first-order valence-corrected chi connectivity index (χ1v) is 6.67. The second-order valence-corrected chi connectivity index (χ2v) is 4.47. The summed E-state index contributed by atoms with van der Waals surface area (Å²) in [6.07, 6.45) is 1.11. The summed E-state index contributed by atoms with van der Waals surface area (Å²) in [5.41, 5.74) is 0.808. The number of aromatic nitrogens is 1. The maximum atomic E-state index is 12.0. The zero-order valence-electron chi connectivity index (χ0n) is 12.1. The van der Waals surface area contributed by atoms with E-state index in [0.717, 1.165) is 11.4 Å². The molecule has 5 heteroatoms. The van der Waals surface area contributed by atoms with Gasteiger partial charge < -0.3 is 14.8 Å². The van der Waals surface area contributed by atoms with Crippen molar-refractivity contribution in [2.75, 3.05) is 7.11 Å². The van der Waals surface area contributed by atoms with Gasteiger partial charge in [0.15, 0.2) is 6.10 Å². The van der Waals surface area contributed by atoms with Gasteiger partial charge in [0.2, 0.25) is 0 Å². The van der Waals surface area contributed by atoms with E-state index in [2.05, 4.69) is 10.3 Å².